The Labute approximate surface area is 71.7 Å². The van der Waals surface area contributed by atoms with Crippen LogP contribution in [0.1, 0.15) is 0 Å². The number of nitrogens with one attached hydrogen (secondary N) is 1. The summed E-state index contributed by atoms with van der Waals surface area (Å²) in [5.74, 6) is 1.88. The van der Waals surface area contributed by atoms with Crippen LogP contribution in [0.3, 0.4) is 0 Å². The van der Waals surface area contributed by atoms with Crippen LogP contribution < -0.4 is 0 Å². The lowest BCUT2D eigenvalue weighted by atomic mass is 10.3. The standard InChI is InChI=1S/C8H11N3O/c1-3-8(12)11-5-4-10(2)6-7(11)9/h1,9H,4-6H2,2H3. The number of piperazine rings is 1. The minimum atomic E-state index is -0.409. The van der Waals surface area contributed by atoms with Crippen LogP contribution in [0.15, 0.2) is 0 Å². The zero-order valence-electron chi connectivity index (χ0n) is 7.00. The summed E-state index contributed by atoms with van der Waals surface area (Å²) in [6, 6.07) is 0. The summed E-state index contributed by atoms with van der Waals surface area (Å²) in [5.41, 5.74) is 0. The number of hydrogen-bond donors (Lipinski definition) is 1. The van der Waals surface area contributed by atoms with Gasteiger partial charge in [-0.3, -0.25) is 20.0 Å². The molecule has 0 aliphatic carbocycles. The maximum atomic E-state index is 11.0. The first-order chi connectivity index (χ1) is 5.65. The highest BCUT2D eigenvalue weighted by atomic mass is 16.2. The highest BCUT2D eigenvalue weighted by Crippen LogP contribution is 2.00. The molecule has 0 aromatic rings. The zero-order valence-corrected chi connectivity index (χ0v) is 7.00. The van der Waals surface area contributed by atoms with E-state index in [9.17, 15) is 4.79 Å². The van der Waals surface area contributed by atoms with E-state index in [1.54, 1.807) is 0 Å². The number of hydrogen-bond acceptors (Lipinski definition) is 3. The average molecular weight is 165 g/mol. The predicted octanol–water partition coefficient (Wildman–Crippen LogP) is -0.629. The summed E-state index contributed by atoms with van der Waals surface area (Å²) in [7, 11) is 1.91. The minimum Gasteiger partial charge on any atom is -0.297 e. The van der Waals surface area contributed by atoms with Gasteiger partial charge in [-0.2, -0.15) is 0 Å². The van der Waals surface area contributed by atoms with Gasteiger partial charge in [-0.25, -0.2) is 0 Å². The summed E-state index contributed by atoms with van der Waals surface area (Å²) in [6.07, 6.45) is 4.95. The lowest BCUT2D eigenvalue weighted by Gasteiger charge is -2.31. The number of likely N-dealkylation sites (N-methyl/N-ethyl adjacent to an activating group) is 1. The molecule has 1 amide bonds. The molecule has 0 spiro atoms. The first-order valence-corrected chi connectivity index (χ1v) is 3.69. The molecule has 12 heavy (non-hydrogen) atoms. The topological polar surface area (TPSA) is 47.4 Å². The molecule has 0 aromatic carbocycles. The molecule has 0 atom stereocenters. The van der Waals surface area contributed by atoms with Crippen molar-refractivity contribution in [3.63, 3.8) is 0 Å². The maximum absolute atomic E-state index is 11.0. The SMILES string of the molecule is C#CC(=O)N1CCN(C)CC1=N. The lowest BCUT2D eigenvalue weighted by Crippen LogP contribution is -2.50. The zero-order chi connectivity index (χ0) is 9.14. The van der Waals surface area contributed by atoms with Crippen molar-refractivity contribution in [2.75, 3.05) is 26.7 Å². The van der Waals surface area contributed by atoms with Crippen LogP contribution in [0.4, 0.5) is 0 Å². The molecule has 64 valence electrons. The van der Waals surface area contributed by atoms with Crippen molar-refractivity contribution < 1.29 is 4.79 Å². The lowest BCUT2D eigenvalue weighted by molar-refractivity contribution is -0.122. The van der Waals surface area contributed by atoms with E-state index < -0.39 is 5.91 Å². The van der Waals surface area contributed by atoms with Crippen LogP contribution in [-0.4, -0.2) is 48.2 Å². The first kappa shape index (κ1) is 8.75. The van der Waals surface area contributed by atoms with Gasteiger partial charge in [-0.1, -0.05) is 0 Å². The van der Waals surface area contributed by atoms with E-state index in [2.05, 4.69) is 0 Å². The molecule has 1 heterocycles. The Kier molecular flexibility index (Phi) is 2.46. The van der Waals surface area contributed by atoms with Crippen molar-refractivity contribution in [1.29, 1.82) is 5.41 Å². The van der Waals surface area contributed by atoms with Gasteiger partial charge in [-0.05, 0) is 13.0 Å². The van der Waals surface area contributed by atoms with Gasteiger partial charge >= 0.3 is 5.91 Å². The second-order valence-electron chi connectivity index (χ2n) is 2.79. The van der Waals surface area contributed by atoms with Crippen LogP contribution in [0, 0.1) is 17.8 Å². The number of carbonyl (C=O) groups excluding carboxylic acids is 1. The summed E-state index contributed by atoms with van der Waals surface area (Å²) in [5, 5.41) is 7.48. The highest BCUT2D eigenvalue weighted by molar-refractivity contribution is 6.05. The summed E-state index contributed by atoms with van der Waals surface area (Å²) < 4.78 is 0. The van der Waals surface area contributed by atoms with Crippen molar-refractivity contribution in [1.82, 2.24) is 9.80 Å². The molecular weight excluding hydrogens is 154 g/mol. The molecule has 1 N–H and O–H groups in total. The van der Waals surface area contributed by atoms with Gasteiger partial charge in [0.15, 0.2) is 0 Å². The van der Waals surface area contributed by atoms with E-state index in [1.807, 2.05) is 17.9 Å². The molecule has 4 heteroatoms. The Balaban J connectivity index is 2.64. The van der Waals surface area contributed by atoms with Crippen molar-refractivity contribution in [3.05, 3.63) is 0 Å². The van der Waals surface area contributed by atoms with E-state index >= 15 is 0 Å². The monoisotopic (exact) mass is 165 g/mol. The maximum Gasteiger partial charge on any atom is 0.303 e. The second kappa shape index (κ2) is 3.37. The summed E-state index contributed by atoms with van der Waals surface area (Å²) in [4.78, 5) is 14.3. The van der Waals surface area contributed by atoms with E-state index in [4.69, 9.17) is 11.8 Å². The molecular formula is C8H11N3O. The summed E-state index contributed by atoms with van der Waals surface area (Å²) >= 11 is 0. The fraction of sp³-hybridized carbons (Fsp3) is 0.500. The third-order valence-corrected chi connectivity index (χ3v) is 1.82. The largest absolute Gasteiger partial charge is 0.303 e. The van der Waals surface area contributed by atoms with Crippen molar-refractivity contribution in [2.45, 2.75) is 0 Å². The normalized spacial score (nSPS) is 19.0. The third kappa shape index (κ3) is 1.63. The number of amidine groups is 1. The Bertz CT molecular complexity index is 254. The van der Waals surface area contributed by atoms with Crippen LogP contribution in [-0.2, 0) is 4.79 Å². The molecule has 0 unspecified atom stereocenters. The number of nitrogens with zero attached hydrogens (tertiary/aromatic N) is 2. The Morgan fingerprint density at radius 3 is 2.83 bits per heavy atom. The van der Waals surface area contributed by atoms with Gasteiger partial charge in [0.2, 0.25) is 0 Å². The fourth-order valence-corrected chi connectivity index (χ4v) is 1.13. The van der Waals surface area contributed by atoms with Crippen molar-refractivity contribution >= 4 is 11.7 Å². The molecule has 0 bridgehead atoms. The first-order valence-electron chi connectivity index (χ1n) is 3.69. The van der Waals surface area contributed by atoms with E-state index in [0.717, 1.165) is 6.54 Å². The van der Waals surface area contributed by atoms with E-state index in [-0.39, 0.29) is 5.84 Å². The molecule has 0 aromatic heterocycles. The molecule has 1 aliphatic rings. The van der Waals surface area contributed by atoms with Gasteiger partial charge in [0.25, 0.3) is 0 Å². The minimum absolute atomic E-state index is 0.284. The smallest absolute Gasteiger partial charge is 0.297 e. The molecule has 1 fully saturated rings. The highest BCUT2D eigenvalue weighted by Gasteiger charge is 2.22. The third-order valence-electron chi connectivity index (χ3n) is 1.82. The fourth-order valence-electron chi connectivity index (χ4n) is 1.13. The van der Waals surface area contributed by atoms with Gasteiger partial charge in [0, 0.05) is 13.1 Å². The van der Waals surface area contributed by atoms with E-state index in [0.29, 0.717) is 13.1 Å². The molecule has 1 aliphatic heterocycles. The Morgan fingerprint density at radius 1 is 1.67 bits per heavy atom. The molecule has 4 nitrogen and oxygen atoms in total. The van der Waals surface area contributed by atoms with Gasteiger partial charge < -0.3 is 0 Å². The molecule has 0 saturated carbocycles. The van der Waals surface area contributed by atoms with Crippen LogP contribution in [0.2, 0.25) is 0 Å². The van der Waals surface area contributed by atoms with Crippen LogP contribution >= 0.6 is 0 Å². The molecule has 1 rings (SSSR count). The number of terminal acetylenes is 1. The average Bonchev–Trinajstić information content (AvgIpc) is 2.03. The van der Waals surface area contributed by atoms with Crippen LogP contribution in [0.5, 0.6) is 0 Å². The van der Waals surface area contributed by atoms with E-state index in [1.165, 1.54) is 4.90 Å². The Hall–Kier alpha value is -1.34. The van der Waals surface area contributed by atoms with Gasteiger partial charge in [0.05, 0.1) is 6.54 Å². The van der Waals surface area contributed by atoms with Gasteiger partial charge in [0.1, 0.15) is 5.84 Å². The van der Waals surface area contributed by atoms with Crippen molar-refractivity contribution in [3.8, 4) is 12.3 Å². The second-order valence-corrected chi connectivity index (χ2v) is 2.79. The molecule has 0 radical (unpaired) electrons. The number of carbonyl (C=O) groups is 1. The van der Waals surface area contributed by atoms with Gasteiger partial charge in [-0.15, -0.1) is 6.42 Å². The quantitative estimate of drug-likeness (QED) is 0.486. The van der Waals surface area contributed by atoms with Crippen molar-refractivity contribution in [2.24, 2.45) is 0 Å². The Morgan fingerprint density at radius 2 is 2.33 bits per heavy atom. The van der Waals surface area contributed by atoms with Crippen LogP contribution in [0.25, 0.3) is 0 Å². The predicted molar refractivity (Wildman–Crippen MR) is 45.8 cm³/mol. The number of amides is 1. The number of rotatable bonds is 0. The molecule has 1 saturated heterocycles. The summed E-state index contributed by atoms with van der Waals surface area (Å²) in [6.45, 7) is 1.79.